The minimum Gasteiger partial charge on any atom is -0.289 e. The van der Waals surface area contributed by atoms with E-state index < -0.39 is 0 Å². The fraction of sp³-hybridized carbons (Fsp3) is 0.211. The second-order valence-corrected chi connectivity index (χ2v) is 5.90. The van der Waals surface area contributed by atoms with E-state index in [2.05, 4.69) is 0 Å². The molecule has 1 nitrogen and oxygen atoms in total. The lowest BCUT2D eigenvalue weighted by molar-refractivity contribution is 0.105. The average Bonchev–Trinajstić information content (AvgIpc) is 2.53. The molecule has 2 aromatic rings. The highest BCUT2D eigenvalue weighted by atomic mass is 32.2. The number of Topliss-reactive ketones (excluding diaryl/α,β-unsaturated/α-hetero) is 1. The molecule has 0 N–H and O–H groups in total. The first kappa shape index (κ1) is 16.5. The Kier molecular flexibility index (Phi) is 5.19. The molecule has 0 unspecified atom stereocenters. The molecule has 3 heteroatoms. The first-order valence-corrected chi connectivity index (χ1v) is 8.33. The summed E-state index contributed by atoms with van der Waals surface area (Å²) >= 11 is 1.37. The van der Waals surface area contributed by atoms with Crippen molar-refractivity contribution >= 4 is 23.1 Å². The van der Waals surface area contributed by atoms with Gasteiger partial charge in [0.1, 0.15) is 5.82 Å². The third-order valence-electron chi connectivity index (χ3n) is 3.86. The number of hydrogen-bond donors (Lipinski definition) is 0. The van der Waals surface area contributed by atoms with Gasteiger partial charge in [0.15, 0.2) is 5.78 Å². The predicted octanol–water partition coefficient (Wildman–Crippen LogP) is 5.45. The predicted molar refractivity (Wildman–Crippen MR) is 92.1 cm³/mol. The van der Waals surface area contributed by atoms with E-state index in [1.165, 1.54) is 17.8 Å². The molecule has 2 rings (SSSR count). The number of halogens is 1. The van der Waals surface area contributed by atoms with Gasteiger partial charge in [-0.15, -0.1) is 11.8 Å². The highest BCUT2D eigenvalue weighted by Crippen LogP contribution is 2.31. The number of hydrogen-bond acceptors (Lipinski definition) is 2. The van der Waals surface area contributed by atoms with Crippen molar-refractivity contribution in [3.05, 3.63) is 70.5 Å². The number of carbonyl (C=O) groups is 1. The first-order chi connectivity index (χ1) is 10.5. The molecule has 0 aromatic heterocycles. The topological polar surface area (TPSA) is 17.1 Å². The second kappa shape index (κ2) is 6.93. The molecule has 0 aliphatic carbocycles. The summed E-state index contributed by atoms with van der Waals surface area (Å²) in [7, 11) is 0. The van der Waals surface area contributed by atoms with Crippen molar-refractivity contribution < 1.29 is 9.18 Å². The molecule has 0 fully saturated rings. The maximum Gasteiger partial charge on any atom is 0.193 e. The summed E-state index contributed by atoms with van der Waals surface area (Å²) < 4.78 is 14.2. The number of carbonyl (C=O) groups excluding carboxylic acids is 1. The van der Waals surface area contributed by atoms with Crippen LogP contribution in [0.5, 0.6) is 0 Å². The Bertz CT molecular complexity index is 733. The van der Waals surface area contributed by atoms with Crippen molar-refractivity contribution in [2.75, 3.05) is 6.26 Å². The van der Waals surface area contributed by atoms with E-state index in [1.807, 2.05) is 57.4 Å². The summed E-state index contributed by atoms with van der Waals surface area (Å²) in [4.78, 5) is 13.5. The Balaban J connectivity index is 2.55. The summed E-state index contributed by atoms with van der Waals surface area (Å²) in [6.45, 7) is 5.56. The Morgan fingerprint density at radius 1 is 1.14 bits per heavy atom. The Hall–Kier alpha value is -1.87. The van der Waals surface area contributed by atoms with Gasteiger partial charge >= 0.3 is 0 Å². The van der Waals surface area contributed by atoms with Gasteiger partial charge in [-0.1, -0.05) is 36.4 Å². The van der Waals surface area contributed by atoms with E-state index in [-0.39, 0.29) is 11.6 Å². The normalized spacial score (nSPS) is 11.6. The van der Waals surface area contributed by atoms with Crippen molar-refractivity contribution in [2.24, 2.45) is 0 Å². The van der Waals surface area contributed by atoms with Crippen LogP contribution >= 0.6 is 11.8 Å². The fourth-order valence-electron chi connectivity index (χ4n) is 2.53. The highest BCUT2D eigenvalue weighted by Gasteiger charge is 2.20. The molecular weight excluding hydrogens is 295 g/mol. The molecule has 0 radical (unpaired) electrons. The van der Waals surface area contributed by atoms with E-state index in [4.69, 9.17) is 0 Å². The molecule has 114 valence electrons. The van der Waals surface area contributed by atoms with Gasteiger partial charge in [0.25, 0.3) is 0 Å². The van der Waals surface area contributed by atoms with Crippen molar-refractivity contribution in [1.29, 1.82) is 0 Å². The quantitative estimate of drug-likeness (QED) is 0.424. The smallest absolute Gasteiger partial charge is 0.193 e. The molecule has 2 aromatic carbocycles. The Morgan fingerprint density at radius 2 is 1.77 bits per heavy atom. The average molecular weight is 314 g/mol. The Labute approximate surface area is 135 Å². The first-order valence-electron chi connectivity index (χ1n) is 7.11. The molecule has 0 atom stereocenters. The van der Waals surface area contributed by atoms with Crippen LogP contribution in [0.4, 0.5) is 4.39 Å². The van der Waals surface area contributed by atoms with Crippen LogP contribution in [0.15, 0.2) is 47.4 Å². The summed E-state index contributed by atoms with van der Waals surface area (Å²) in [5, 5.41) is 0. The van der Waals surface area contributed by atoms with Gasteiger partial charge in [0.05, 0.1) is 0 Å². The monoisotopic (exact) mass is 314 g/mol. The van der Waals surface area contributed by atoms with Gasteiger partial charge in [0, 0.05) is 16.0 Å². The summed E-state index contributed by atoms with van der Waals surface area (Å²) in [5.74, 6) is -0.469. The molecule has 0 amide bonds. The Morgan fingerprint density at radius 3 is 2.32 bits per heavy atom. The van der Waals surface area contributed by atoms with Crippen LogP contribution in [0.25, 0.3) is 5.57 Å². The highest BCUT2D eigenvalue weighted by molar-refractivity contribution is 7.98. The molecule has 22 heavy (non-hydrogen) atoms. The van der Waals surface area contributed by atoms with Gasteiger partial charge in [-0.25, -0.2) is 4.39 Å². The molecule has 0 aliphatic rings. The van der Waals surface area contributed by atoms with Crippen molar-refractivity contribution in [1.82, 2.24) is 0 Å². The largest absolute Gasteiger partial charge is 0.289 e. The molecule has 0 saturated heterocycles. The van der Waals surface area contributed by atoms with Gasteiger partial charge in [-0.2, -0.15) is 0 Å². The van der Waals surface area contributed by atoms with Gasteiger partial charge in [-0.3, -0.25) is 4.79 Å². The van der Waals surface area contributed by atoms with Crippen LogP contribution in [0.2, 0.25) is 0 Å². The third-order valence-corrected chi connectivity index (χ3v) is 4.77. The van der Waals surface area contributed by atoms with Crippen molar-refractivity contribution in [3.63, 3.8) is 0 Å². The van der Waals surface area contributed by atoms with E-state index in [9.17, 15) is 9.18 Å². The molecule has 0 bridgehead atoms. The lowest BCUT2D eigenvalue weighted by Gasteiger charge is -2.14. The van der Waals surface area contributed by atoms with Crippen LogP contribution in [0.1, 0.15) is 34.0 Å². The summed E-state index contributed by atoms with van der Waals surface area (Å²) in [6.07, 6.45) is 3.63. The lowest BCUT2D eigenvalue weighted by Crippen LogP contribution is -2.08. The molecule has 0 spiro atoms. The third kappa shape index (κ3) is 3.00. The van der Waals surface area contributed by atoms with Gasteiger partial charge < -0.3 is 0 Å². The van der Waals surface area contributed by atoms with E-state index in [0.717, 1.165) is 16.7 Å². The molecule has 0 aliphatic heterocycles. The van der Waals surface area contributed by atoms with Crippen LogP contribution in [0.3, 0.4) is 0 Å². The van der Waals surface area contributed by atoms with Crippen molar-refractivity contribution in [2.45, 2.75) is 25.7 Å². The number of ketones is 1. The lowest BCUT2D eigenvalue weighted by atomic mass is 9.92. The molecule has 0 saturated carbocycles. The zero-order chi connectivity index (χ0) is 16.3. The molecular formula is C19H19FOS. The second-order valence-electron chi connectivity index (χ2n) is 5.09. The maximum atomic E-state index is 14.2. The van der Waals surface area contributed by atoms with E-state index >= 15 is 0 Å². The standard InChI is InChI=1S/C19H19FOS/c1-5-15(14-9-7-6-8-10-14)18(21)16-11-17(20)19(22-4)13(3)12(16)2/h5-11H,1-4H3/b15-5+. The minimum absolute atomic E-state index is 0.138. The molecule has 0 heterocycles. The van der Waals surface area contributed by atoms with Crippen LogP contribution in [-0.4, -0.2) is 12.0 Å². The van der Waals surface area contributed by atoms with Gasteiger partial charge in [0.2, 0.25) is 0 Å². The number of benzene rings is 2. The number of allylic oxidation sites excluding steroid dienone is 2. The number of thioether (sulfide) groups is 1. The van der Waals surface area contributed by atoms with Crippen molar-refractivity contribution in [3.8, 4) is 0 Å². The maximum absolute atomic E-state index is 14.2. The summed E-state index contributed by atoms with van der Waals surface area (Å²) in [6, 6.07) is 10.8. The van der Waals surface area contributed by atoms with Crippen LogP contribution < -0.4 is 0 Å². The van der Waals surface area contributed by atoms with E-state index in [0.29, 0.717) is 16.0 Å². The van der Waals surface area contributed by atoms with Gasteiger partial charge in [-0.05, 0) is 49.8 Å². The van der Waals surface area contributed by atoms with Crippen LogP contribution in [-0.2, 0) is 0 Å². The minimum atomic E-state index is -0.331. The summed E-state index contributed by atoms with van der Waals surface area (Å²) in [5.41, 5.74) is 3.55. The number of rotatable bonds is 4. The fourth-order valence-corrected chi connectivity index (χ4v) is 3.24. The van der Waals surface area contributed by atoms with Crippen LogP contribution in [0, 0.1) is 19.7 Å². The van der Waals surface area contributed by atoms with E-state index in [1.54, 1.807) is 6.08 Å². The zero-order valence-electron chi connectivity index (χ0n) is 13.2. The zero-order valence-corrected chi connectivity index (χ0v) is 14.1. The SMILES string of the molecule is C/C=C(/C(=O)c1cc(F)c(SC)c(C)c1C)c1ccccc1.